The molecule has 2 heterocycles. The van der Waals surface area contributed by atoms with Gasteiger partial charge in [-0.25, -0.2) is 9.59 Å². The zero-order valence-corrected chi connectivity index (χ0v) is 20.4. The fourth-order valence-electron chi connectivity index (χ4n) is 4.67. The Hall–Kier alpha value is -3.32. The van der Waals surface area contributed by atoms with Gasteiger partial charge in [0.05, 0.1) is 12.3 Å². The maximum atomic E-state index is 13.1. The Morgan fingerprint density at radius 2 is 1.82 bits per heavy atom. The number of likely N-dealkylation sites (tertiary alicyclic amines) is 1. The van der Waals surface area contributed by atoms with Crippen LogP contribution in [0, 0.1) is 0 Å². The minimum Gasteiger partial charge on any atom is -0.449 e. The Balaban J connectivity index is 1.55. The molecule has 3 aromatic rings. The lowest BCUT2D eigenvalue weighted by Crippen LogP contribution is -2.45. The molecule has 34 heavy (non-hydrogen) atoms. The zero-order valence-electron chi connectivity index (χ0n) is 20.4. The van der Waals surface area contributed by atoms with Crippen LogP contribution in [-0.4, -0.2) is 47.2 Å². The molecule has 1 saturated heterocycles. The monoisotopic (exact) mass is 462 g/mol. The third-order valence-electron chi connectivity index (χ3n) is 6.52. The molecule has 0 unspecified atom stereocenters. The highest BCUT2D eigenvalue weighted by atomic mass is 16.6. The number of H-pyrrole nitrogens is 1. The van der Waals surface area contributed by atoms with Gasteiger partial charge in [0.2, 0.25) is 0 Å². The van der Waals surface area contributed by atoms with Gasteiger partial charge in [0.1, 0.15) is 0 Å². The molecule has 7 heteroatoms. The first-order chi connectivity index (χ1) is 16.3. The molecule has 2 aromatic carbocycles. The number of aromatic nitrogens is 1. The Morgan fingerprint density at radius 1 is 1.12 bits per heavy atom. The first kappa shape index (κ1) is 23.8. The van der Waals surface area contributed by atoms with Crippen LogP contribution in [0.5, 0.6) is 0 Å². The molecule has 3 amide bonds. The normalized spacial score (nSPS) is 15.3. The second-order valence-corrected chi connectivity index (χ2v) is 9.74. The molecular formula is C27H34N4O3. The van der Waals surface area contributed by atoms with Crippen LogP contribution in [0.15, 0.2) is 54.7 Å². The lowest BCUT2D eigenvalue weighted by atomic mass is 9.87. The smallest absolute Gasteiger partial charge is 0.422 e. The van der Waals surface area contributed by atoms with E-state index in [4.69, 9.17) is 4.74 Å². The lowest BCUT2D eigenvalue weighted by molar-refractivity contribution is 0.102. The molecule has 1 aromatic heterocycles. The minimum absolute atomic E-state index is 0.183. The van der Waals surface area contributed by atoms with Crippen LogP contribution in [0.1, 0.15) is 52.0 Å². The highest BCUT2D eigenvalue weighted by Crippen LogP contribution is 2.36. The van der Waals surface area contributed by atoms with Crippen molar-refractivity contribution < 1.29 is 14.3 Å². The predicted molar refractivity (Wildman–Crippen MR) is 137 cm³/mol. The van der Waals surface area contributed by atoms with E-state index in [1.807, 2.05) is 24.3 Å². The molecule has 2 N–H and O–H groups in total. The van der Waals surface area contributed by atoms with Gasteiger partial charge in [-0.05, 0) is 95.4 Å². The molecule has 0 bridgehead atoms. The fraction of sp³-hybridized carbons (Fsp3) is 0.407. The van der Waals surface area contributed by atoms with Crippen LogP contribution in [0.4, 0.5) is 21.0 Å². The number of amides is 3. The van der Waals surface area contributed by atoms with Crippen molar-refractivity contribution in [3.05, 3.63) is 60.3 Å². The number of urea groups is 1. The van der Waals surface area contributed by atoms with Gasteiger partial charge in [-0.2, -0.15) is 4.90 Å². The molecule has 180 valence electrons. The van der Waals surface area contributed by atoms with Gasteiger partial charge < -0.3 is 15.0 Å². The molecule has 0 radical (unpaired) electrons. The fourth-order valence-corrected chi connectivity index (χ4v) is 4.67. The number of hydrogen-bond acceptors (Lipinski definition) is 4. The lowest BCUT2D eigenvalue weighted by Gasteiger charge is -2.41. The number of ether oxygens (including phenoxy) is 1. The number of piperidine rings is 1. The Labute approximate surface area is 201 Å². The molecule has 7 nitrogen and oxygen atoms in total. The number of aromatic amines is 1. The van der Waals surface area contributed by atoms with Gasteiger partial charge in [-0.3, -0.25) is 4.90 Å². The van der Waals surface area contributed by atoms with E-state index in [0.717, 1.165) is 41.7 Å². The topological polar surface area (TPSA) is 77.7 Å². The number of fused-ring (bicyclic) bond motifs is 1. The molecular weight excluding hydrogens is 428 g/mol. The average Bonchev–Trinajstić information content (AvgIpc) is 3.23. The van der Waals surface area contributed by atoms with Crippen LogP contribution in [-0.2, 0) is 4.74 Å². The summed E-state index contributed by atoms with van der Waals surface area (Å²) < 4.78 is 5.12. The summed E-state index contributed by atoms with van der Waals surface area (Å²) in [5.41, 5.74) is 3.59. The predicted octanol–water partition coefficient (Wildman–Crippen LogP) is 6.34. The van der Waals surface area contributed by atoms with Crippen LogP contribution in [0.2, 0.25) is 0 Å². The van der Waals surface area contributed by atoms with Crippen molar-refractivity contribution in [1.82, 2.24) is 9.88 Å². The van der Waals surface area contributed by atoms with Crippen LogP contribution >= 0.6 is 0 Å². The second kappa shape index (κ2) is 9.89. The number of hydrogen-bond donors (Lipinski definition) is 2. The van der Waals surface area contributed by atoms with E-state index >= 15 is 0 Å². The first-order valence-electron chi connectivity index (χ1n) is 12.0. The van der Waals surface area contributed by atoms with Crippen LogP contribution in [0.3, 0.4) is 0 Å². The van der Waals surface area contributed by atoms with E-state index in [0.29, 0.717) is 17.3 Å². The van der Waals surface area contributed by atoms with Crippen molar-refractivity contribution in [2.24, 2.45) is 0 Å². The Bertz CT molecular complexity index is 1140. The Morgan fingerprint density at radius 3 is 2.47 bits per heavy atom. The second-order valence-electron chi connectivity index (χ2n) is 9.74. The number of nitrogens with one attached hydrogen (secondary N) is 2. The largest absolute Gasteiger partial charge is 0.449 e. The van der Waals surface area contributed by atoms with E-state index in [2.05, 4.69) is 42.2 Å². The van der Waals surface area contributed by atoms with Gasteiger partial charge in [0.25, 0.3) is 0 Å². The molecule has 1 aliphatic rings. The van der Waals surface area contributed by atoms with Crippen molar-refractivity contribution in [2.75, 3.05) is 29.9 Å². The van der Waals surface area contributed by atoms with Gasteiger partial charge >= 0.3 is 12.1 Å². The molecule has 1 aliphatic heterocycles. The van der Waals surface area contributed by atoms with E-state index < -0.39 is 12.1 Å². The van der Waals surface area contributed by atoms with Crippen molar-refractivity contribution in [3.8, 4) is 0 Å². The minimum atomic E-state index is -0.708. The summed E-state index contributed by atoms with van der Waals surface area (Å²) in [6.45, 7) is 10.8. The van der Waals surface area contributed by atoms with E-state index in [-0.39, 0.29) is 12.1 Å². The summed E-state index contributed by atoms with van der Waals surface area (Å²) in [6.07, 6.45) is 3.60. The molecule has 0 aliphatic carbocycles. The summed E-state index contributed by atoms with van der Waals surface area (Å²) in [5.74, 6) is 0.471. The van der Waals surface area contributed by atoms with E-state index in [1.165, 1.54) is 5.56 Å². The number of rotatable bonds is 4. The zero-order chi connectivity index (χ0) is 24.3. The van der Waals surface area contributed by atoms with Gasteiger partial charge in [0.15, 0.2) is 0 Å². The number of imide groups is 1. The number of carbonyl (C=O) groups is 2. The number of benzene rings is 2. The van der Waals surface area contributed by atoms with Gasteiger partial charge in [-0.1, -0.05) is 18.2 Å². The quantitative estimate of drug-likeness (QED) is 0.474. The van der Waals surface area contributed by atoms with Crippen LogP contribution in [0.25, 0.3) is 10.9 Å². The summed E-state index contributed by atoms with van der Waals surface area (Å²) in [4.78, 5) is 32.6. The van der Waals surface area contributed by atoms with E-state index in [9.17, 15) is 9.59 Å². The van der Waals surface area contributed by atoms with E-state index in [1.54, 1.807) is 31.2 Å². The third kappa shape index (κ3) is 5.09. The molecule has 0 spiro atoms. The van der Waals surface area contributed by atoms with Crippen molar-refractivity contribution in [1.29, 1.82) is 0 Å². The van der Waals surface area contributed by atoms with Crippen LogP contribution < -0.4 is 10.2 Å². The van der Waals surface area contributed by atoms with Gasteiger partial charge in [-0.15, -0.1) is 0 Å². The number of anilines is 2. The number of nitrogens with zero attached hydrogens (tertiary/aromatic N) is 2. The molecule has 0 saturated carbocycles. The summed E-state index contributed by atoms with van der Waals surface area (Å²) in [6, 6.07) is 14.0. The van der Waals surface area contributed by atoms with Gasteiger partial charge in [0, 0.05) is 28.3 Å². The third-order valence-corrected chi connectivity index (χ3v) is 6.52. The van der Waals surface area contributed by atoms with Crippen molar-refractivity contribution >= 4 is 34.4 Å². The highest BCUT2D eigenvalue weighted by Gasteiger charge is 2.29. The number of carbonyl (C=O) groups excluding carboxylic acids is 2. The van der Waals surface area contributed by atoms with Crippen molar-refractivity contribution in [2.45, 2.75) is 52.0 Å². The molecule has 0 atom stereocenters. The highest BCUT2D eigenvalue weighted by molar-refractivity contribution is 6.16. The Kier molecular flexibility index (Phi) is 6.93. The summed E-state index contributed by atoms with van der Waals surface area (Å²) >= 11 is 0. The summed E-state index contributed by atoms with van der Waals surface area (Å²) in [7, 11) is 0. The SMILES string of the molecule is CCOC(=O)N(C(=O)Nc1ccc2[nH]cc(C3CCN(C(C)(C)C)CC3)c2c1)c1ccccc1. The first-order valence-corrected chi connectivity index (χ1v) is 12.0. The average molecular weight is 463 g/mol. The van der Waals surface area contributed by atoms with Crippen molar-refractivity contribution in [3.63, 3.8) is 0 Å². The summed E-state index contributed by atoms with van der Waals surface area (Å²) in [5, 5.41) is 3.99. The maximum absolute atomic E-state index is 13.1. The molecule has 1 fully saturated rings. The number of para-hydroxylation sites is 1. The standard InChI is InChI=1S/C27H34N4O3/c1-5-34-26(33)31(21-9-7-6-8-10-21)25(32)29-20-11-12-24-22(17-20)23(18-28-24)19-13-15-30(16-14-19)27(2,3)4/h6-12,17-19,28H,5,13-16H2,1-4H3,(H,29,32). The maximum Gasteiger partial charge on any atom is 0.422 e. The molecule has 4 rings (SSSR count).